The van der Waals surface area contributed by atoms with Crippen LogP contribution in [-0.4, -0.2) is 33.0 Å². The van der Waals surface area contributed by atoms with Crippen LogP contribution in [0, 0.1) is 0 Å². The second-order valence-electron chi connectivity index (χ2n) is 3.56. The second kappa shape index (κ2) is 5.50. The third-order valence-corrected chi connectivity index (χ3v) is 2.63. The minimum absolute atomic E-state index is 0.274. The normalized spacial score (nSPS) is 10.1. The fourth-order valence-electron chi connectivity index (χ4n) is 1.45. The lowest BCUT2D eigenvalue weighted by molar-refractivity contribution is 0.148. The van der Waals surface area contributed by atoms with Gasteiger partial charge in [-0.3, -0.25) is 5.10 Å². The maximum atomic E-state index is 11.1. The highest BCUT2D eigenvalue weighted by molar-refractivity contribution is 6.20. The first-order valence-corrected chi connectivity index (χ1v) is 5.51. The summed E-state index contributed by atoms with van der Waals surface area (Å²) in [6, 6.07) is 7.53. The molecule has 1 aromatic carbocycles. The molecule has 1 amide bonds. The van der Waals surface area contributed by atoms with Crippen LogP contribution in [0.4, 0.5) is 4.79 Å². The molecule has 0 atom stereocenters. The lowest BCUT2D eigenvalue weighted by Gasteiger charge is -2.12. The van der Waals surface area contributed by atoms with Gasteiger partial charge in [0.05, 0.1) is 25.5 Å². The van der Waals surface area contributed by atoms with Crippen molar-refractivity contribution in [3.8, 4) is 11.3 Å². The Kier molecular flexibility index (Phi) is 3.78. The van der Waals surface area contributed by atoms with E-state index in [2.05, 4.69) is 20.1 Å². The maximum Gasteiger partial charge on any atom is 0.424 e. The van der Waals surface area contributed by atoms with E-state index in [9.17, 15) is 4.79 Å². The van der Waals surface area contributed by atoms with Crippen molar-refractivity contribution < 1.29 is 9.53 Å². The molecule has 2 aromatic rings. The van der Waals surface area contributed by atoms with Gasteiger partial charge in [0.1, 0.15) is 0 Å². The highest BCUT2D eigenvalue weighted by Crippen LogP contribution is 2.17. The molecular weight excluding hydrogens is 256 g/mol. The Hall–Kier alpha value is -2.08. The molecule has 0 aliphatic heterocycles. The summed E-state index contributed by atoms with van der Waals surface area (Å²) < 4.78 is 5.48. The van der Waals surface area contributed by atoms with Crippen molar-refractivity contribution in [2.24, 2.45) is 0 Å². The summed E-state index contributed by atoms with van der Waals surface area (Å²) in [5.41, 5.74) is 2.69. The Balaban J connectivity index is 2.06. The Morgan fingerprint density at radius 1 is 1.44 bits per heavy atom. The van der Waals surface area contributed by atoms with Gasteiger partial charge in [0.25, 0.3) is 0 Å². The summed E-state index contributed by atoms with van der Waals surface area (Å²) in [6.45, 7) is 0.274. The average molecular weight is 267 g/mol. The summed E-state index contributed by atoms with van der Waals surface area (Å²) >= 11 is 5.74. The third kappa shape index (κ3) is 2.78. The van der Waals surface area contributed by atoms with Gasteiger partial charge in [-0.1, -0.05) is 29.5 Å². The molecular formula is C11H11ClN4O2. The fourth-order valence-corrected chi connectivity index (χ4v) is 1.66. The number of halogens is 1. The molecule has 6 nitrogen and oxygen atoms in total. The van der Waals surface area contributed by atoms with Crippen LogP contribution in [0.25, 0.3) is 11.3 Å². The molecule has 0 aliphatic carbocycles. The summed E-state index contributed by atoms with van der Waals surface area (Å²) in [5, 5.41) is 10.1. The van der Waals surface area contributed by atoms with Crippen molar-refractivity contribution in [2.45, 2.75) is 6.54 Å². The van der Waals surface area contributed by atoms with E-state index in [0.29, 0.717) is 0 Å². The highest BCUT2D eigenvalue weighted by atomic mass is 35.5. The molecule has 18 heavy (non-hydrogen) atoms. The lowest BCUT2D eigenvalue weighted by atomic mass is 10.1. The van der Waals surface area contributed by atoms with Crippen LogP contribution in [0.3, 0.4) is 0 Å². The summed E-state index contributed by atoms with van der Waals surface area (Å²) in [6.07, 6.45) is 1.05. The average Bonchev–Trinajstić information content (AvgIpc) is 2.92. The highest BCUT2D eigenvalue weighted by Gasteiger charge is 2.11. The molecule has 94 valence electrons. The molecule has 0 fully saturated rings. The molecule has 0 aliphatic rings. The second-order valence-corrected chi connectivity index (χ2v) is 3.97. The van der Waals surface area contributed by atoms with Crippen LogP contribution >= 0.6 is 11.8 Å². The van der Waals surface area contributed by atoms with Gasteiger partial charge in [-0.05, 0) is 5.56 Å². The first kappa shape index (κ1) is 12.4. The van der Waals surface area contributed by atoms with E-state index in [-0.39, 0.29) is 6.54 Å². The SMILES string of the molecule is COC(=O)N(Cl)Cc1ccc(-c2cnn[nH]2)cc1. The van der Waals surface area contributed by atoms with Crippen LogP contribution in [0.1, 0.15) is 5.56 Å². The molecule has 7 heteroatoms. The number of carbonyl (C=O) groups is 1. The van der Waals surface area contributed by atoms with Gasteiger partial charge >= 0.3 is 6.09 Å². The number of ether oxygens (including phenoxy) is 1. The molecule has 1 aromatic heterocycles. The first-order chi connectivity index (χ1) is 8.70. The Morgan fingerprint density at radius 3 is 2.72 bits per heavy atom. The molecule has 0 saturated carbocycles. The number of hydrogen-bond donors (Lipinski definition) is 1. The zero-order valence-electron chi connectivity index (χ0n) is 9.63. The van der Waals surface area contributed by atoms with Crippen LogP contribution in [0.5, 0.6) is 0 Å². The van der Waals surface area contributed by atoms with Crippen molar-refractivity contribution in [1.29, 1.82) is 0 Å². The van der Waals surface area contributed by atoms with E-state index in [1.807, 2.05) is 24.3 Å². The van der Waals surface area contributed by atoms with Crippen LogP contribution < -0.4 is 0 Å². The molecule has 0 spiro atoms. The van der Waals surface area contributed by atoms with Gasteiger partial charge in [-0.25, -0.2) is 9.21 Å². The number of rotatable bonds is 3. The van der Waals surface area contributed by atoms with E-state index in [0.717, 1.165) is 21.2 Å². The number of benzene rings is 1. The number of amides is 1. The standard InChI is InChI=1S/C11H11ClN4O2/c1-18-11(17)16(12)7-8-2-4-9(5-3-8)10-6-13-15-14-10/h2-6H,7H2,1H3,(H,13,14,15). The van der Waals surface area contributed by atoms with Crippen molar-refractivity contribution in [3.05, 3.63) is 36.0 Å². The summed E-state index contributed by atoms with van der Waals surface area (Å²) in [7, 11) is 1.28. The number of nitrogens with zero attached hydrogens (tertiary/aromatic N) is 3. The molecule has 0 radical (unpaired) electrons. The van der Waals surface area contributed by atoms with Crippen molar-refractivity contribution in [2.75, 3.05) is 7.11 Å². The number of methoxy groups -OCH3 is 1. The van der Waals surface area contributed by atoms with Gasteiger partial charge < -0.3 is 4.74 Å². The van der Waals surface area contributed by atoms with Crippen LogP contribution in [0.15, 0.2) is 30.5 Å². The Bertz CT molecular complexity index is 512. The van der Waals surface area contributed by atoms with Crippen molar-refractivity contribution >= 4 is 17.9 Å². The zero-order valence-corrected chi connectivity index (χ0v) is 10.4. The van der Waals surface area contributed by atoms with Gasteiger partial charge in [0.15, 0.2) is 0 Å². The number of aromatic amines is 1. The van der Waals surface area contributed by atoms with E-state index in [4.69, 9.17) is 11.8 Å². The van der Waals surface area contributed by atoms with Crippen LogP contribution in [-0.2, 0) is 11.3 Å². The van der Waals surface area contributed by atoms with E-state index in [1.165, 1.54) is 7.11 Å². The van der Waals surface area contributed by atoms with E-state index < -0.39 is 6.09 Å². The lowest BCUT2D eigenvalue weighted by Crippen LogP contribution is -2.20. The maximum absolute atomic E-state index is 11.1. The minimum Gasteiger partial charge on any atom is -0.452 e. The molecule has 0 saturated heterocycles. The molecule has 0 unspecified atom stereocenters. The first-order valence-electron chi connectivity index (χ1n) is 5.17. The molecule has 1 heterocycles. The number of aromatic nitrogens is 3. The smallest absolute Gasteiger partial charge is 0.424 e. The fraction of sp³-hybridized carbons (Fsp3) is 0.182. The van der Waals surface area contributed by atoms with Crippen molar-refractivity contribution in [3.63, 3.8) is 0 Å². The number of hydrogen-bond acceptors (Lipinski definition) is 4. The number of nitrogens with one attached hydrogen (secondary N) is 1. The number of H-pyrrole nitrogens is 1. The molecule has 1 N–H and O–H groups in total. The number of carbonyl (C=O) groups excluding carboxylic acids is 1. The van der Waals surface area contributed by atoms with Gasteiger partial charge in [-0.2, -0.15) is 0 Å². The Morgan fingerprint density at radius 2 is 2.17 bits per heavy atom. The molecule has 0 bridgehead atoms. The van der Waals surface area contributed by atoms with E-state index in [1.54, 1.807) is 6.20 Å². The Labute approximate surface area is 109 Å². The van der Waals surface area contributed by atoms with E-state index >= 15 is 0 Å². The third-order valence-electron chi connectivity index (χ3n) is 2.37. The van der Waals surface area contributed by atoms with Gasteiger partial charge in [0, 0.05) is 17.3 Å². The van der Waals surface area contributed by atoms with Gasteiger partial charge in [-0.15, -0.1) is 5.10 Å². The predicted molar refractivity (Wildman–Crippen MR) is 65.6 cm³/mol. The summed E-state index contributed by atoms with van der Waals surface area (Å²) in [4.78, 5) is 11.1. The zero-order chi connectivity index (χ0) is 13.0. The largest absolute Gasteiger partial charge is 0.452 e. The van der Waals surface area contributed by atoms with Gasteiger partial charge in [0.2, 0.25) is 0 Å². The van der Waals surface area contributed by atoms with Crippen LogP contribution in [0.2, 0.25) is 0 Å². The quantitative estimate of drug-likeness (QED) is 0.865. The predicted octanol–water partition coefficient (Wildman–Crippen LogP) is 2.19. The minimum atomic E-state index is -0.585. The van der Waals surface area contributed by atoms with Crippen molar-refractivity contribution in [1.82, 2.24) is 19.8 Å². The topological polar surface area (TPSA) is 71.1 Å². The summed E-state index contributed by atoms with van der Waals surface area (Å²) in [5.74, 6) is 0. The molecule has 2 rings (SSSR count). The monoisotopic (exact) mass is 266 g/mol.